The van der Waals surface area contributed by atoms with Gasteiger partial charge in [-0.15, -0.1) is 0 Å². The predicted molar refractivity (Wildman–Crippen MR) is 229 cm³/mol. The Hall–Kier alpha value is -7.37. The molecule has 1 atom stereocenters. The number of nitrogens with zero attached hydrogens (tertiary/aromatic N) is 4. The summed E-state index contributed by atoms with van der Waals surface area (Å²) in [7, 11) is 0. The number of benzene rings is 8. The highest BCUT2D eigenvalue weighted by atomic mass is 15.2. The second-order valence-electron chi connectivity index (χ2n) is 14.8. The maximum absolute atomic E-state index is 5.16. The third-order valence-corrected chi connectivity index (χ3v) is 12.0. The van der Waals surface area contributed by atoms with Crippen LogP contribution in [0.5, 0.6) is 0 Å². The molecule has 55 heavy (non-hydrogen) atoms. The van der Waals surface area contributed by atoms with E-state index in [4.69, 9.17) is 4.99 Å². The molecule has 0 saturated carbocycles. The van der Waals surface area contributed by atoms with Gasteiger partial charge >= 0.3 is 0 Å². The zero-order valence-electron chi connectivity index (χ0n) is 29.6. The van der Waals surface area contributed by atoms with Crippen LogP contribution >= 0.6 is 0 Å². The first-order chi connectivity index (χ1) is 27.3. The molecule has 0 bridgehead atoms. The van der Waals surface area contributed by atoms with Crippen LogP contribution in [0.1, 0.15) is 11.7 Å². The summed E-state index contributed by atoms with van der Waals surface area (Å²) >= 11 is 0. The smallest absolute Gasteiger partial charge is 0.148 e. The Morgan fingerprint density at radius 2 is 1.05 bits per heavy atom. The van der Waals surface area contributed by atoms with Crippen molar-refractivity contribution in [1.29, 1.82) is 0 Å². The van der Waals surface area contributed by atoms with Gasteiger partial charge in [0, 0.05) is 49.3 Å². The number of aliphatic imine (C=N–C) groups is 1. The van der Waals surface area contributed by atoms with E-state index < -0.39 is 0 Å². The van der Waals surface area contributed by atoms with Crippen molar-refractivity contribution in [2.75, 3.05) is 5.32 Å². The van der Waals surface area contributed by atoms with Gasteiger partial charge in [-0.1, -0.05) is 103 Å². The third-order valence-electron chi connectivity index (χ3n) is 12.0. The van der Waals surface area contributed by atoms with Crippen LogP contribution in [0.2, 0.25) is 0 Å². The van der Waals surface area contributed by atoms with Crippen molar-refractivity contribution in [2.24, 2.45) is 4.99 Å². The van der Waals surface area contributed by atoms with E-state index in [0.29, 0.717) is 0 Å². The van der Waals surface area contributed by atoms with Gasteiger partial charge in [-0.3, -0.25) is 0 Å². The summed E-state index contributed by atoms with van der Waals surface area (Å²) < 4.78 is 7.28. The number of rotatable bonds is 3. The summed E-state index contributed by atoms with van der Waals surface area (Å²) in [5.41, 5.74) is 16.3. The maximum atomic E-state index is 5.16. The van der Waals surface area contributed by atoms with Crippen LogP contribution in [0.15, 0.2) is 181 Å². The molecule has 0 saturated heterocycles. The van der Waals surface area contributed by atoms with E-state index in [1.807, 2.05) is 0 Å². The Labute approximate surface area is 315 Å². The number of para-hydroxylation sites is 6. The molecule has 5 heterocycles. The van der Waals surface area contributed by atoms with E-state index in [1.54, 1.807) is 0 Å². The summed E-state index contributed by atoms with van der Waals surface area (Å²) in [6.07, 6.45) is -0.0481. The molecule has 1 N–H and O–H groups in total. The molecule has 13 rings (SSSR count). The predicted octanol–water partition coefficient (Wildman–Crippen LogP) is 12.7. The number of anilines is 1. The minimum Gasteiger partial charge on any atom is -0.358 e. The van der Waals surface area contributed by atoms with Crippen molar-refractivity contribution in [3.8, 4) is 22.5 Å². The van der Waals surface area contributed by atoms with Gasteiger partial charge in [-0.05, 0) is 83.9 Å². The first-order valence-electron chi connectivity index (χ1n) is 18.9. The lowest BCUT2D eigenvalue weighted by Gasteiger charge is -2.25. The van der Waals surface area contributed by atoms with Gasteiger partial charge in [0.15, 0.2) is 0 Å². The molecule has 0 spiro atoms. The van der Waals surface area contributed by atoms with Crippen LogP contribution in [0, 0.1) is 0 Å². The quantitative estimate of drug-likeness (QED) is 0.196. The fourth-order valence-electron chi connectivity index (χ4n) is 9.63. The topological polar surface area (TPSA) is 39.2 Å². The van der Waals surface area contributed by atoms with Gasteiger partial charge in [0.2, 0.25) is 0 Å². The molecule has 8 aromatic carbocycles. The van der Waals surface area contributed by atoms with Crippen molar-refractivity contribution >= 4 is 82.5 Å². The lowest BCUT2D eigenvalue weighted by Crippen LogP contribution is -2.24. The zero-order valence-corrected chi connectivity index (χ0v) is 29.6. The normalized spacial score (nSPS) is 14.6. The Morgan fingerprint density at radius 3 is 1.93 bits per heavy atom. The molecule has 0 amide bonds. The van der Waals surface area contributed by atoms with Crippen molar-refractivity contribution in [3.05, 3.63) is 181 Å². The Balaban J connectivity index is 1.01. The molecule has 0 aliphatic carbocycles. The summed E-state index contributed by atoms with van der Waals surface area (Å²) in [4.78, 5) is 5.16. The van der Waals surface area contributed by atoms with E-state index in [0.717, 1.165) is 22.8 Å². The monoisotopic (exact) mass is 701 g/mol. The van der Waals surface area contributed by atoms with E-state index >= 15 is 0 Å². The fourth-order valence-corrected chi connectivity index (χ4v) is 9.63. The van der Waals surface area contributed by atoms with Gasteiger partial charge in [0.1, 0.15) is 6.17 Å². The Kier molecular flexibility index (Phi) is 5.62. The summed E-state index contributed by atoms with van der Waals surface area (Å²) in [5.74, 6) is 0. The highest BCUT2D eigenvalue weighted by molar-refractivity contribution is 6.25. The maximum Gasteiger partial charge on any atom is 0.148 e. The molecule has 11 aromatic rings. The second kappa shape index (κ2) is 10.6. The van der Waals surface area contributed by atoms with Crippen molar-refractivity contribution in [3.63, 3.8) is 0 Å². The molecule has 2 aliphatic rings. The summed E-state index contributed by atoms with van der Waals surface area (Å²) in [6, 6.07) is 64.1. The largest absolute Gasteiger partial charge is 0.358 e. The van der Waals surface area contributed by atoms with Crippen LogP contribution in [-0.2, 0) is 0 Å². The molecular formula is C50H31N5. The second-order valence-corrected chi connectivity index (χ2v) is 14.8. The van der Waals surface area contributed by atoms with Crippen LogP contribution in [0.4, 0.5) is 11.4 Å². The van der Waals surface area contributed by atoms with Gasteiger partial charge < -0.3 is 19.0 Å². The molecule has 5 heteroatoms. The number of aromatic nitrogens is 3. The highest BCUT2D eigenvalue weighted by Gasteiger charge is 2.35. The number of hydrogen-bond acceptors (Lipinski definition) is 2. The van der Waals surface area contributed by atoms with Gasteiger partial charge in [-0.25, -0.2) is 4.99 Å². The average Bonchev–Trinajstić information content (AvgIpc) is 3.96. The Bertz CT molecular complexity index is 3470. The number of fused-ring (bicyclic) bond motifs is 13. The molecule has 2 aliphatic heterocycles. The standard InChI is InChI=1S/C50H31N5/c1-2-11-32(12-3-1)53-44-20-9-5-14-35(44)39-27-30(22-25-45(39)53)31-21-24-36-34-13-4-8-19-43(34)54(47(36)28-31)33-23-26-46-40(29-33)37-15-10-16-38-48-50(55(46)49(37)38)52-42-18-7-6-17-41(42)51-48/h1-29,50,52H. The van der Waals surface area contributed by atoms with Crippen molar-refractivity contribution in [2.45, 2.75) is 6.17 Å². The molecule has 0 fully saturated rings. The molecular weight excluding hydrogens is 671 g/mol. The van der Waals surface area contributed by atoms with Gasteiger partial charge in [-0.2, -0.15) is 0 Å². The van der Waals surface area contributed by atoms with Crippen LogP contribution in [-0.4, -0.2) is 19.4 Å². The molecule has 3 aromatic heterocycles. The van der Waals surface area contributed by atoms with Gasteiger partial charge in [0.25, 0.3) is 0 Å². The van der Waals surface area contributed by atoms with Crippen LogP contribution in [0.25, 0.3) is 87.9 Å². The first-order valence-corrected chi connectivity index (χ1v) is 18.9. The van der Waals surface area contributed by atoms with Crippen molar-refractivity contribution < 1.29 is 0 Å². The fraction of sp³-hybridized carbons (Fsp3) is 0.0200. The van der Waals surface area contributed by atoms with Crippen LogP contribution in [0.3, 0.4) is 0 Å². The Morgan fingerprint density at radius 1 is 0.418 bits per heavy atom. The van der Waals surface area contributed by atoms with Gasteiger partial charge in [0.05, 0.1) is 50.2 Å². The molecule has 256 valence electrons. The number of hydrogen-bond donors (Lipinski definition) is 1. The molecule has 1 unspecified atom stereocenters. The molecule has 0 radical (unpaired) electrons. The average molecular weight is 702 g/mol. The van der Waals surface area contributed by atoms with E-state index in [-0.39, 0.29) is 6.17 Å². The van der Waals surface area contributed by atoms with E-state index in [2.05, 4.69) is 195 Å². The molecule has 5 nitrogen and oxygen atoms in total. The highest BCUT2D eigenvalue weighted by Crippen LogP contribution is 2.46. The van der Waals surface area contributed by atoms with Crippen molar-refractivity contribution in [1.82, 2.24) is 13.7 Å². The summed E-state index contributed by atoms with van der Waals surface area (Å²) in [5, 5.41) is 11.3. The minimum absolute atomic E-state index is 0.0481. The van der Waals surface area contributed by atoms with E-state index in [1.165, 1.54) is 87.8 Å². The lowest BCUT2D eigenvalue weighted by atomic mass is 10.0. The van der Waals surface area contributed by atoms with E-state index in [9.17, 15) is 0 Å². The van der Waals surface area contributed by atoms with Crippen LogP contribution < -0.4 is 5.32 Å². The lowest BCUT2D eigenvalue weighted by molar-refractivity contribution is 0.779. The number of nitrogens with one attached hydrogen (secondary N) is 1. The SMILES string of the molecule is c1ccc(-n2c3ccccc3c3cc(-c4ccc5c6ccccc6n(-c6ccc7c(c6)c6cccc8c6n7C6Nc7ccccc7N=C86)c5c4)ccc32)cc1. The minimum atomic E-state index is -0.0481. The third kappa shape index (κ3) is 3.88. The zero-order chi connectivity index (χ0) is 35.8. The summed E-state index contributed by atoms with van der Waals surface area (Å²) in [6.45, 7) is 0. The first kappa shape index (κ1) is 29.1.